The molecule has 1 aromatic heterocycles. The van der Waals surface area contributed by atoms with E-state index in [-0.39, 0.29) is 6.61 Å². The Morgan fingerprint density at radius 1 is 1.06 bits per heavy atom. The van der Waals surface area contributed by atoms with E-state index in [0.29, 0.717) is 0 Å². The fourth-order valence-electron chi connectivity index (χ4n) is 1.99. The maximum atomic E-state index is 8.74. The third-order valence-electron chi connectivity index (χ3n) is 3.06. The van der Waals surface area contributed by atoms with Gasteiger partial charge in [0.1, 0.15) is 5.82 Å². The van der Waals surface area contributed by atoms with E-state index in [1.807, 2.05) is 41.9 Å². The largest absolute Gasteiger partial charge is 0.396 e. The predicted octanol–water partition coefficient (Wildman–Crippen LogP) is 2.19. The normalized spacial score (nSPS) is 10.8. The average molecular weight is 245 g/mol. The van der Waals surface area contributed by atoms with Crippen LogP contribution in [0.15, 0.2) is 30.3 Å². The Morgan fingerprint density at radius 3 is 2.56 bits per heavy atom. The van der Waals surface area contributed by atoms with E-state index < -0.39 is 0 Å². The molecule has 0 atom stereocenters. The van der Waals surface area contributed by atoms with Crippen molar-refractivity contribution in [2.24, 2.45) is 7.05 Å². The zero-order chi connectivity index (χ0) is 12.8. The first-order valence-corrected chi connectivity index (χ1v) is 6.37. The third-order valence-corrected chi connectivity index (χ3v) is 3.06. The van der Waals surface area contributed by atoms with Gasteiger partial charge in [0.15, 0.2) is 5.82 Å². The van der Waals surface area contributed by atoms with Gasteiger partial charge in [0, 0.05) is 25.6 Å². The highest BCUT2D eigenvalue weighted by Gasteiger charge is 2.09. The van der Waals surface area contributed by atoms with E-state index >= 15 is 0 Å². The number of nitrogens with zero attached hydrogens (tertiary/aromatic N) is 3. The molecule has 1 heterocycles. The summed E-state index contributed by atoms with van der Waals surface area (Å²) >= 11 is 0. The molecular weight excluding hydrogens is 226 g/mol. The summed E-state index contributed by atoms with van der Waals surface area (Å²) in [5, 5.41) is 17.2. The fourth-order valence-corrected chi connectivity index (χ4v) is 1.99. The highest BCUT2D eigenvalue weighted by atomic mass is 16.2. The molecule has 0 spiro atoms. The molecule has 0 saturated carbocycles. The topological polar surface area (TPSA) is 50.9 Å². The van der Waals surface area contributed by atoms with Crippen LogP contribution in [0.3, 0.4) is 0 Å². The monoisotopic (exact) mass is 245 g/mol. The Balaban J connectivity index is 2.05. The van der Waals surface area contributed by atoms with Crippen LogP contribution in [0.4, 0.5) is 0 Å². The molecule has 0 radical (unpaired) electrons. The smallest absolute Gasteiger partial charge is 0.163 e. The molecule has 1 aromatic carbocycles. The molecule has 1 N–H and O–H groups in total. The molecule has 0 amide bonds. The quantitative estimate of drug-likeness (QED) is 0.794. The molecule has 4 nitrogen and oxygen atoms in total. The first-order chi connectivity index (χ1) is 8.83. The van der Waals surface area contributed by atoms with Crippen molar-refractivity contribution < 1.29 is 5.11 Å². The second-order valence-electron chi connectivity index (χ2n) is 4.40. The summed E-state index contributed by atoms with van der Waals surface area (Å²) in [7, 11) is 2.00. The molecule has 2 rings (SSSR count). The van der Waals surface area contributed by atoms with Crippen molar-refractivity contribution in [3.8, 4) is 11.4 Å². The van der Waals surface area contributed by atoms with Crippen LogP contribution < -0.4 is 0 Å². The molecule has 0 aliphatic carbocycles. The number of aryl methyl sites for hydroxylation is 1. The molecule has 0 saturated heterocycles. The van der Waals surface area contributed by atoms with Gasteiger partial charge in [0.05, 0.1) is 0 Å². The Bertz CT molecular complexity index is 479. The lowest BCUT2D eigenvalue weighted by molar-refractivity contribution is 0.283. The molecule has 0 aliphatic rings. The fraction of sp³-hybridized carbons (Fsp3) is 0.429. The Morgan fingerprint density at radius 2 is 1.83 bits per heavy atom. The van der Waals surface area contributed by atoms with Gasteiger partial charge < -0.3 is 9.67 Å². The van der Waals surface area contributed by atoms with Gasteiger partial charge in [-0.05, 0) is 12.8 Å². The lowest BCUT2D eigenvalue weighted by Gasteiger charge is -2.03. The highest BCUT2D eigenvalue weighted by molar-refractivity contribution is 5.54. The number of aliphatic hydroxyl groups is 1. The van der Waals surface area contributed by atoms with Gasteiger partial charge in [-0.25, -0.2) is 0 Å². The van der Waals surface area contributed by atoms with Crippen molar-refractivity contribution in [2.75, 3.05) is 6.61 Å². The van der Waals surface area contributed by atoms with Gasteiger partial charge in [-0.1, -0.05) is 36.8 Å². The summed E-state index contributed by atoms with van der Waals surface area (Å²) in [5.74, 6) is 1.92. The lowest BCUT2D eigenvalue weighted by Crippen LogP contribution is -2.00. The molecule has 18 heavy (non-hydrogen) atoms. The third kappa shape index (κ3) is 2.96. The van der Waals surface area contributed by atoms with Crippen LogP contribution in [0.25, 0.3) is 11.4 Å². The van der Waals surface area contributed by atoms with Crippen molar-refractivity contribution in [2.45, 2.75) is 25.7 Å². The lowest BCUT2D eigenvalue weighted by atomic mass is 10.2. The molecule has 96 valence electrons. The van der Waals surface area contributed by atoms with Crippen molar-refractivity contribution in [3.05, 3.63) is 36.2 Å². The summed E-state index contributed by atoms with van der Waals surface area (Å²) in [5.41, 5.74) is 1.09. The number of aliphatic hydroxyl groups excluding tert-OH is 1. The van der Waals surface area contributed by atoms with Gasteiger partial charge in [-0.2, -0.15) is 0 Å². The van der Waals surface area contributed by atoms with Crippen LogP contribution >= 0.6 is 0 Å². The van der Waals surface area contributed by atoms with Crippen LogP contribution in [0, 0.1) is 0 Å². The number of benzene rings is 1. The Labute approximate surface area is 107 Å². The molecule has 2 aromatic rings. The molecule has 0 fully saturated rings. The maximum absolute atomic E-state index is 8.74. The SMILES string of the molecule is Cn1c(CCCCCO)nnc1-c1ccccc1. The van der Waals surface area contributed by atoms with E-state index in [4.69, 9.17) is 5.11 Å². The van der Waals surface area contributed by atoms with Gasteiger partial charge in [-0.3, -0.25) is 0 Å². The summed E-state index contributed by atoms with van der Waals surface area (Å²) in [4.78, 5) is 0. The van der Waals surface area contributed by atoms with Crippen molar-refractivity contribution >= 4 is 0 Å². The summed E-state index contributed by atoms with van der Waals surface area (Å²) in [6.45, 7) is 0.272. The Hall–Kier alpha value is -1.68. The molecule has 0 unspecified atom stereocenters. The van der Waals surface area contributed by atoms with Gasteiger partial charge in [0.25, 0.3) is 0 Å². The van der Waals surface area contributed by atoms with Gasteiger partial charge in [0.2, 0.25) is 0 Å². The molecule has 0 aliphatic heterocycles. The first-order valence-electron chi connectivity index (χ1n) is 6.37. The maximum Gasteiger partial charge on any atom is 0.163 e. The van der Waals surface area contributed by atoms with Crippen molar-refractivity contribution in [1.82, 2.24) is 14.8 Å². The number of rotatable bonds is 6. The minimum Gasteiger partial charge on any atom is -0.396 e. The van der Waals surface area contributed by atoms with Crippen molar-refractivity contribution in [3.63, 3.8) is 0 Å². The minimum absolute atomic E-state index is 0.272. The standard InChI is InChI=1S/C14H19N3O/c1-17-13(10-6-3-7-11-18)15-16-14(17)12-8-4-2-5-9-12/h2,4-5,8-9,18H,3,6-7,10-11H2,1H3. The van der Waals surface area contributed by atoms with E-state index in [2.05, 4.69) is 10.2 Å². The van der Waals surface area contributed by atoms with E-state index in [0.717, 1.165) is 42.9 Å². The first kappa shape index (κ1) is 12.8. The number of hydrogen-bond donors (Lipinski definition) is 1. The second-order valence-corrected chi connectivity index (χ2v) is 4.40. The summed E-state index contributed by atoms with van der Waals surface area (Å²) < 4.78 is 2.05. The molecular formula is C14H19N3O. The van der Waals surface area contributed by atoms with E-state index in [9.17, 15) is 0 Å². The van der Waals surface area contributed by atoms with E-state index in [1.165, 1.54) is 0 Å². The zero-order valence-electron chi connectivity index (χ0n) is 10.7. The Kier molecular flexibility index (Phi) is 4.47. The second kappa shape index (κ2) is 6.31. The summed E-state index contributed by atoms with van der Waals surface area (Å²) in [6, 6.07) is 10.1. The number of unbranched alkanes of at least 4 members (excludes halogenated alkanes) is 2. The minimum atomic E-state index is 0.272. The van der Waals surface area contributed by atoms with Crippen LogP contribution in [0.2, 0.25) is 0 Å². The van der Waals surface area contributed by atoms with Crippen LogP contribution in [0.5, 0.6) is 0 Å². The number of hydrogen-bond acceptors (Lipinski definition) is 3. The zero-order valence-corrected chi connectivity index (χ0v) is 10.7. The highest BCUT2D eigenvalue weighted by Crippen LogP contribution is 2.17. The van der Waals surface area contributed by atoms with E-state index in [1.54, 1.807) is 0 Å². The van der Waals surface area contributed by atoms with Crippen molar-refractivity contribution in [1.29, 1.82) is 0 Å². The van der Waals surface area contributed by atoms with Crippen LogP contribution in [-0.2, 0) is 13.5 Å². The van der Waals surface area contributed by atoms with Crippen LogP contribution in [-0.4, -0.2) is 26.5 Å². The molecule has 0 bridgehead atoms. The number of aromatic nitrogens is 3. The predicted molar refractivity (Wildman–Crippen MR) is 71.1 cm³/mol. The van der Waals surface area contributed by atoms with Crippen LogP contribution in [0.1, 0.15) is 25.1 Å². The molecule has 4 heteroatoms. The summed E-state index contributed by atoms with van der Waals surface area (Å²) in [6.07, 6.45) is 3.85. The van der Waals surface area contributed by atoms with Gasteiger partial charge in [-0.15, -0.1) is 10.2 Å². The average Bonchev–Trinajstić information content (AvgIpc) is 2.77. The van der Waals surface area contributed by atoms with Gasteiger partial charge >= 0.3 is 0 Å².